The predicted molar refractivity (Wildman–Crippen MR) is 182 cm³/mol. The lowest BCUT2D eigenvalue weighted by Crippen LogP contribution is -2.56. The molecule has 0 N–H and O–H groups in total. The summed E-state index contributed by atoms with van der Waals surface area (Å²) in [7, 11) is -2.13. The quantitative estimate of drug-likeness (QED) is 0.174. The zero-order valence-electron chi connectivity index (χ0n) is 29.7. The molecule has 7 heteroatoms. The smallest absolute Gasteiger partial charge is 0.314 e. The van der Waals surface area contributed by atoms with Gasteiger partial charge in [-0.15, -0.1) is 0 Å². The van der Waals surface area contributed by atoms with Crippen LogP contribution in [0.2, 0.25) is 18.1 Å². The molecule has 3 saturated heterocycles. The van der Waals surface area contributed by atoms with Crippen molar-refractivity contribution < 1.29 is 28.2 Å². The van der Waals surface area contributed by atoms with Gasteiger partial charge in [0.2, 0.25) is 0 Å². The molecule has 1 aliphatic carbocycles. The maximum absolute atomic E-state index is 14.5. The second kappa shape index (κ2) is 13.2. The molecule has 4 heterocycles. The van der Waals surface area contributed by atoms with Gasteiger partial charge in [-0.25, -0.2) is 0 Å². The summed E-state index contributed by atoms with van der Waals surface area (Å²) in [4.78, 5) is 14.5. The highest BCUT2D eigenvalue weighted by Crippen LogP contribution is 2.54. The lowest BCUT2D eigenvalue weighted by atomic mass is 9.63. The third-order valence-electron chi connectivity index (χ3n) is 11.7. The van der Waals surface area contributed by atoms with Crippen molar-refractivity contribution in [1.82, 2.24) is 0 Å². The van der Waals surface area contributed by atoms with Crippen LogP contribution in [0.4, 0.5) is 0 Å². The molecule has 252 valence electrons. The normalized spacial score (nSPS) is 42.9. The highest BCUT2D eigenvalue weighted by Gasteiger charge is 2.59. The number of fused-ring (bicyclic) bond motifs is 2. The van der Waals surface area contributed by atoms with E-state index >= 15 is 0 Å². The van der Waals surface area contributed by atoms with Crippen LogP contribution in [-0.4, -0.2) is 57.2 Å². The first-order chi connectivity index (χ1) is 21.1. The van der Waals surface area contributed by atoms with Crippen LogP contribution in [0.25, 0.3) is 0 Å². The van der Waals surface area contributed by atoms with E-state index in [9.17, 15) is 4.79 Å². The molecule has 2 bridgehead atoms. The molecule has 6 nitrogen and oxygen atoms in total. The van der Waals surface area contributed by atoms with E-state index in [1.807, 2.05) is 0 Å². The molecule has 9 atom stereocenters. The standard InChI is InChI=1S/C38H60O6Si/c1-11-29-16-13-19-38(42-29)23-31-22-30(43-38)18-17-26(3)20-25(2)14-12-15-28-24-40-34-33(44-45(9,10)36(5,6)7)27(4)21-32(35(39)41-31)37(28,34)8/h12,14-15,17,21,25,29-34H,11,13,16,18-20,22-24H2,1-10H3/b14-12+,26-17+,28-15+/t25-,29+,30+,31?,32-,33+,34?,37-,38-/m0/s1. The number of hydrogen-bond acceptors (Lipinski definition) is 6. The summed E-state index contributed by atoms with van der Waals surface area (Å²) >= 11 is 0. The average molecular weight is 641 g/mol. The molecule has 0 amide bonds. The van der Waals surface area contributed by atoms with Crippen molar-refractivity contribution in [3.05, 3.63) is 47.1 Å². The maximum Gasteiger partial charge on any atom is 0.314 e. The first kappa shape index (κ1) is 34.8. The minimum atomic E-state index is -2.13. The van der Waals surface area contributed by atoms with Crippen LogP contribution in [0.3, 0.4) is 0 Å². The van der Waals surface area contributed by atoms with Gasteiger partial charge in [-0.05, 0) is 81.1 Å². The number of hydrogen-bond donors (Lipinski definition) is 0. The molecular weight excluding hydrogens is 580 g/mol. The number of ether oxygens (including phenoxy) is 4. The van der Waals surface area contributed by atoms with Crippen LogP contribution in [0, 0.1) is 17.3 Å². The molecular formula is C38H60O6Si. The minimum Gasteiger partial charge on any atom is -0.462 e. The van der Waals surface area contributed by atoms with E-state index < -0.39 is 25.4 Å². The van der Waals surface area contributed by atoms with Gasteiger partial charge >= 0.3 is 5.97 Å². The molecule has 4 aliphatic heterocycles. The van der Waals surface area contributed by atoms with Crippen LogP contribution in [-0.2, 0) is 28.2 Å². The van der Waals surface area contributed by atoms with Gasteiger partial charge in [-0.1, -0.05) is 77.5 Å². The Balaban J connectivity index is 1.53. The predicted octanol–water partition coefficient (Wildman–Crippen LogP) is 8.98. The molecule has 0 aromatic rings. The first-order valence-corrected chi connectivity index (χ1v) is 20.5. The summed E-state index contributed by atoms with van der Waals surface area (Å²) in [6.07, 6.45) is 17.5. The van der Waals surface area contributed by atoms with Gasteiger partial charge < -0.3 is 23.4 Å². The second-order valence-corrected chi connectivity index (χ2v) is 21.2. The van der Waals surface area contributed by atoms with E-state index in [2.05, 4.69) is 98.9 Å². The SMILES string of the molecule is CC[C@@H]1CCC[C@]2(CC3C[C@@H](C/C=C(\C)C[C@@H](C)/C=C/C=C4\COC5[C@H](O[Si](C)(C)C(C)(C)C)C(C)=C[C@@H](C(=O)O3)[C@]45C)O2)O1. The van der Waals surface area contributed by atoms with Crippen molar-refractivity contribution in [2.24, 2.45) is 17.3 Å². The summed E-state index contributed by atoms with van der Waals surface area (Å²) in [6.45, 7) is 22.8. The lowest BCUT2D eigenvalue weighted by molar-refractivity contribution is -0.327. The van der Waals surface area contributed by atoms with Crippen LogP contribution in [0.5, 0.6) is 0 Å². The molecule has 45 heavy (non-hydrogen) atoms. The first-order valence-electron chi connectivity index (χ1n) is 17.6. The summed E-state index contributed by atoms with van der Waals surface area (Å²) in [5.41, 5.74) is 2.97. The van der Waals surface area contributed by atoms with Crippen molar-refractivity contribution in [1.29, 1.82) is 0 Å². The Hall–Kier alpha value is -1.51. The van der Waals surface area contributed by atoms with Crippen molar-refractivity contribution in [2.45, 2.75) is 161 Å². The Bertz CT molecular complexity index is 1220. The molecule has 0 aromatic heterocycles. The summed E-state index contributed by atoms with van der Waals surface area (Å²) in [5, 5.41) is 0.0562. The van der Waals surface area contributed by atoms with Gasteiger partial charge in [-0.2, -0.15) is 0 Å². The highest BCUT2D eigenvalue weighted by molar-refractivity contribution is 6.74. The van der Waals surface area contributed by atoms with Gasteiger partial charge in [0.05, 0.1) is 36.9 Å². The Kier molecular flexibility index (Phi) is 10.2. The van der Waals surface area contributed by atoms with Crippen LogP contribution >= 0.6 is 0 Å². The van der Waals surface area contributed by atoms with E-state index in [0.29, 0.717) is 25.4 Å². The van der Waals surface area contributed by atoms with Crippen molar-refractivity contribution >= 4 is 14.3 Å². The van der Waals surface area contributed by atoms with Crippen LogP contribution in [0.15, 0.2) is 47.1 Å². The Morgan fingerprint density at radius 3 is 2.60 bits per heavy atom. The van der Waals surface area contributed by atoms with Gasteiger partial charge in [0, 0.05) is 24.7 Å². The monoisotopic (exact) mass is 640 g/mol. The largest absolute Gasteiger partial charge is 0.462 e. The topological polar surface area (TPSA) is 63.2 Å². The molecule has 5 aliphatic rings. The van der Waals surface area contributed by atoms with Crippen LogP contribution < -0.4 is 0 Å². The number of allylic oxidation sites excluding steroid dienone is 4. The summed E-state index contributed by atoms with van der Waals surface area (Å²) < 4.78 is 33.7. The lowest BCUT2D eigenvalue weighted by Gasteiger charge is -2.49. The summed E-state index contributed by atoms with van der Waals surface area (Å²) in [5.74, 6) is -0.947. The third kappa shape index (κ3) is 7.18. The maximum atomic E-state index is 14.5. The Labute approximate surface area is 274 Å². The molecule has 2 unspecified atom stereocenters. The number of carbonyl (C=O) groups excluding carboxylic acids is 1. The summed E-state index contributed by atoms with van der Waals surface area (Å²) in [6, 6.07) is 0. The zero-order valence-corrected chi connectivity index (χ0v) is 30.7. The molecule has 3 fully saturated rings. The van der Waals surface area contributed by atoms with E-state index in [-0.39, 0.29) is 41.5 Å². The molecule has 5 rings (SSSR count). The zero-order chi connectivity index (χ0) is 32.8. The van der Waals surface area contributed by atoms with Gasteiger partial charge in [0.1, 0.15) is 6.10 Å². The molecule has 1 spiro atoms. The van der Waals surface area contributed by atoms with E-state index in [1.54, 1.807) is 0 Å². The fraction of sp³-hybridized carbons (Fsp3) is 0.763. The Morgan fingerprint density at radius 2 is 1.89 bits per heavy atom. The number of rotatable bonds is 3. The number of carbonyl (C=O) groups is 1. The van der Waals surface area contributed by atoms with E-state index in [1.165, 1.54) is 5.57 Å². The van der Waals surface area contributed by atoms with Gasteiger partial charge in [0.15, 0.2) is 14.1 Å². The third-order valence-corrected chi connectivity index (χ3v) is 16.2. The Morgan fingerprint density at radius 1 is 1.13 bits per heavy atom. The number of esters is 1. The van der Waals surface area contributed by atoms with Crippen molar-refractivity contribution in [3.63, 3.8) is 0 Å². The fourth-order valence-corrected chi connectivity index (χ4v) is 9.22. The van der Waals surface area contributed by atoms with E-state index in [0.717, 1.165) is 49.7 Å². The van der Waals surface area contributed by atoms with Gasteiger partial charge in [-0.3, -0.25) is 4.79 Å². The van der Waals surface area contributed by atoms with E-state index in [4.69, 9.17) is 23.4 Å². The van der Waals surface area contributed by atoms with Gasteiger partial charge in [0.25, 0.3) is 0 Å². The van der Waals surface area contributed by atoms with Crippen LogP contribution in [0.1, 0.15) is 107 Å². The fourth-order valence-electron chi connectivity index (χ4n) is 7.92. The molecule has 0 radical (unpaired) electrons. The average Bonchev–Trinajstić information content (AvgIpc) is 3.28. The molecule has 0 saturated carbocycles. The minimum absolute atomic E-state index is 0.0551. The van der Waals surface area contributed by atoms with Crippen molar-refractivity contribution in [3.8, 4) is 0 Å². The molecule has 0 aromatic carbocycles. The second-order valence-electron chi connectivity index (χ2n) is 16.4. The highest BCUT2D eigenvalue weighted by atomic mass is 28.4. The van der Waals surface area contributed by atoms with Crippen molar-refractivity contribution in [2.75, 3.05) is 6.61 Å².